The number of thioether (sulfide) groups is 1. The molecule has 2 saturated heterocycles. The van der Waals surface area contributed by atoms with E-state index in [0.717, 1.165) is 11.1 Å². The summed E-state index contributed by atoms with van der Waals surface area (Å²) in [7, 11) is 0. The van der Waals surface area contributed by atoms with Crippen molar-refractivity contribution in [3.63, 3.8) is 0 Å². The van der Waals surface area contributed by atoms with Gasteiger partial charge in [0.1, 0.15) is 21.8 Å². The highest BCUT2D eigenvalue weighted by molar-refractivity contribution is 8.26. The molecule has 4 rings (SSSR count). The second-order valence-electron chi connectivity index (χ2n) is 9.31. The first-order valence-electron chi connectivity index (χ1n) is 12.0. The van der Waals surface area contributed by atoms with Crippen LogP contribution in [-0.2, 0) is 22.6 Å². The lowest BCUT2D eigenvalue weighted by Gasteiger charge is -2.39. The van der Waals surface area contributed by atoms with Crippen molar-refractivity contribution in [1.82, 2.24) is 9.47 Å². The highest BCUT2D eigenvalue weighted by atomic mass is 32.2. The Morgan fingerprint density at radius 3 is 2.39 bits per heavy atom. The van der Waals surface area contributed by atoms with Crippen LogP contribution in [0.25, 0.3) is 6.08 Å². The molecule has 0 aliphatic carbocycles. The molecule has 1 aromatic carbocycles. The second-order valence-corrected chi connectivity index (χ2v) is 11.0. The number of rotatable bonds is 5. The molecule has 1 amide bonds. The first kappa shape index (κ1) is 26.1. The molecule has 7 nitrogen and oxygen atoms in total. The summed E-state index contributed by atoms with van der Waals surface area (Å²) in [5, 5.41) is 9.79. The number of carbonyl (C=O) groups excluding carboxylic acids is 1. The van der Waals surface area contributed by atoms with Gasteiger partial charge in [0, 0.05) is 25.2 Å². The van der Waals surface area contributed by atoms with Crippen molar-refractivity contribution in [2.24, 2.45) is 0 Å². The number of pyridine rings is 1. The van der Waals surface area contributed by atoms with E-state index in [2.05, 4.69) is 11.0 Å². The van der Waals surface area contributed by atoms with E-state index in [1.807, 2.05) is 52.0 Å². The monoisotopic (exact) mass is 522 g/mol. The maximum absolute atomic E-state index is 13.5. The molecule has 2 fully saturated rings. The number of nitriles is 1. The number of amides is 1. The minimum Gasteiger partial charge on any atom is -0.372 e. The average Bonchev–Trinajstić information content (AvgIpc) is 3.09. The SMILES string of the molecule is CCn1c(N2CC(C)OC(C)C2)c(/C=C2\SC(=S)N(Cc3ccc(C)cc3)C2=O)c(C)c(C#N)c1=O. The first-order chi connectivity index (χ1) is 17.1. The van der Waals surface area contributed by atoms with Gasteiger partial charge in [-0.05, 0) is 51.8 Å². The van der Waals surface area contributed by atoms with E-state index in [1.54, 1.807) is 22.5 Å². The number of hydrogen-bond acceptors (Lipinski definition) is 7. The zero-order valence-electron chi connectivity index (χ0n) is 21.2. The second kappa shape index (κ2) is 10.6. The van der Waals surface area contributed by atoms with Crippen LogP contribution in [0, 0.1) is 25.2 Å². The van der Waals surface area contributed by atoms with Gasteiger partial charge in [-0.25, -0.2) is 0 Å². The number of anilines is 1. The topological polar surface area (TPSA) is 78.6 Å². The Morgan fingerprint density at radius 2 is 1.81 bits per heavy atom. The molecule has 0 spiro atoms. The molecule has 2 aliphatic rings. The molecule has 3 heterocycles. The zero-order chi connectivity index (χ0) is 26.1. The van der Waals surface area contributed by atoms with Crippen LogP contribution in [0.5, 0.6) is 0 Å². The van der Waals surface area contributed by atoms with Crippen LogP contribution in [0.15, 0.2) is 34.0 Å². The summed E-state index contributed by atoms with van der Waals surface area (Å²) in [5.41, 5.74) is 3.19. The lowest BCUT2D eigenvalue weighted by atomic mass is 10.0. The van der Waals surface area contributed by atoms with Crippen molar-refractivity contribution in [2.75, 3.05) is 18.0 Å². The molecule has 9 heteroatoms. The Morgan fingerprint density at radius 1 is 1.17 bits per heavy atom. The van der Waals surface area contributed by atoms with Crippen molar-refractivity contribution < 1.29 is 9.53 Å². The van der Waals surface area contributed by atoms with Crippen LogP contribution in [0.2, 0.25) is 0 Å². The van der Waals surface area contributed by atoms with Gasteiger partial charge in [-0.2, -0.15) is 5.26 Å². The predicted molar refractivity (Wildman–Crippen MR) is 148 cm³/mol. The summed E-state index contributed by atoms with van der Waals surface area (Å²) in [4.78, 5) is 30.9. The summed E-state index contributed by atoms with van der Waals surface area (Å²) < 4.78 is 8.04. The molecule has 1 aromatic heterocycles. The number of benzene rings is 1. The Bertz CT molecular complexity index is 1330. The Balaban J connectivity index is 1.81. The summed E-state index contributed by atoms with van der Waals surface area (Å²) in [6.45, 7) is 11.7. The summed E-state index contributed by atoms with van der Waals surface area (Å²) in [5.74, 6) is 0.539. The molecule has 2 unspecified atom stereocenters. The quantitative estimate of drug-likeness (QED) is 0.426. The van der Waals surface area contributed by atoms with Gasteiger partial charge in [-0.1, -0.05) is 53.8 Å². The fourth-order valence-corrected chi connectivity index (χ4v) is 6.01. The molecular formula is C27H30N4O3S2. The van der Waals surface area contributed by atoms with E-state index in [4.69, 9.17) is 17.0 Å². The lowest BCUT2D eigenvalue weighted by Crippen LogP contribution is -2.48. The van der Waals surface area contributed by atoms with E-state index in [1.165, 1.54) is 11.8 Å². The molecular weight excluding hydrogens is 492 g/mol. The predicted octanol–water partition coefficient (Wildman–Crippen LogP) is 4.37. The van der Waals surface area contributed by atoms with Crippen molar-refractivity contribution in [3.05, 3.63) is 67.3 Å². The number of nitrogens with zero attached hydrogens (tertiary/aromatic N) is 4. The number of thiocarbonyl (C=S) groups is 1. The first-order valence-corrected chi connectivity index (χ1v) is 13.3. The highest BCUT2D eigenvalue weighted by Gasteiger charge is 2.34. The number of aromatic nitrogens is 1. The molecule has 2 aliphatic heterocycles. The summed E-state index contributed by atoms with van der Waals surface area (Å²) in [6, 6.07) is 10.1. The van der Waals surface area contributed by atoms with Crippen LogP contribution >= 0.6 is 24.0 Å². The fraction of sp³-hybridized carbons (Fsp3) is 0.407. The minimum absolute atomic E-state index is 0.0225. The number of morpholine rings is 1. The largest absolute Gasteiger partial charge is 0.372 e. The Hall–Kier alpha value is -2.93. The molecule has 36 heavy (non-hydrogen) atoms. The lowest BCUT2D eigenvalue weighted by molar-refractivity contribution is -0.122. The third-order valence-electron chi connectivity index (χ3n) is 6.49. The van der Waals surface area contributed by atoms with Gasteiger partial charge in [0.25, 0.3) is 11.5 Å². The van der Waals surface area contributed by atoms with E-state index >= 15 is 0 Å². The zero-order valence-corrected chi connectivity index (χ0v) is 22.8. The molecule has 0 radical (unpaired) electrons. The van der Waals surface area contributed by atoms with E-state index in [0.29, 0.717) is 52.3 Å². The summed E-state index contributed by atoms with van der Waals surface area (Å²) >= 11 is 6.82. The number of ether oxygens (including phenoxy) is 1. The van der Waals surface area contributed by atoms with Gasteiger partial charge in [0.15, 0.2) is 0 Å². The third-order valence-corrected chi connectivity index (χ3v) is 7.87. The smallest absolute Gasteiger partial charge is 0.270 e. The highest BCUT2D eigenvalue weighted by Crippen LogP contribution is 2.37. The number of carbonyl (C=O) groups is 1. The van der Waals surface area contributed by atoms with Crippen LogP contribution in [0.3, 0.4) is 0 Å². The van der Waals surface area contributed by atoms with E-state index in [-0.39, 0.29) is 29.2 Å². The van der Waals surface area contributed by atoms with Gasteiger partial charge in [0.2, 0.25) is 0 Å². The Kier molecular flexibility index (Phi) is 7.69. The van der Waals surface area contributed by atoms with Crippen LogP contribution in [0.1, 0.15) is 48.6 Å². The van der Waals surface area contributed by atoms with Crippen LogP contribution < -0.4 is 10.5 Å². The number of aryl methyl sites for hydroxylation is 1. The standard InChI is InChI=1S/C27H30N4O3S2/c1-6-30-24(29-13-17(3)34-18(4)14-29)21(19(5)22(12-28)25(30)32)11-23-26(33)31(27(35)36-23)15-20-9-7-16(2)8-10-20/h7-11,17-18H,6,13-15H2,1-5H3/b23-11-. The van der Waals surface area contributed by atoms with Gasteiger partial charge >= 0.3 is 0 Å². The van der Waals surface area contributed by atoms with Gasteiger partial charge in [-0.15, -0.1) is 0 Å². The molecule has 0 N–H and O–H groups in total. The average molecular weight is 523 g/mol. The van der Waals surface area contributed by atoms with Gasteiger partial charge < -0.3 is 9.64 Å². The maximum atomic E-state index is 13.5. The van der Waals surface area contributed by atoms with Crippen LogP contribution in [-0.4, -0.2) is 45.0 Å². The van der Waals surface area contributed by atoms with Crippen molar-refractivity contribution in [3.8, 4) is 6.07 Å². The number of hydrogen-bond donors (Lipinski definition) is 0. The van der Waals surface area contributed by atoms with Gasteiger partial charge in [0.05, 0.1) is 23.7 Å². The van der Waals surface area contributed by atoms with E-state index in [9.17, 15) is 14.9 Å². The molecule has 2 atom stereocenters. The third kappa shape index (κ3) is 4.99. The van der Waals surface area contributed by atoms with Crippen molar-refractivity contribution in [2.45, 2.75) is 59.9 Å². The van der Waals surface area contributed by atoms with Crippen LogP contribution in [0.4, 0.5) is 5.82 Å². The Labute approximate surface area is 221 Å². The summed E-state index contributed by atoms with van der Waals surface area (Å²) in [6.07, 6.45) is 1.76. The maximum Gasteiger partial charge on any atom is 0.270 e. The molecule has 0 bridgehead atoms. The molecule has 2 aromatic rings. The fourth-order valence-electron chi connectivity index (χ4n) is 4.77. The van der Waals surface area contributed by atoms with Gasteiger partial charge in [-0.3, -0.25) is 19.1 Å². The minimum atomic E-state index is -0.316. The molecule has 188 valence electrons. The molecule has 0 saturated carbocycles. The van der Waals surface area contributed by atoms with E-state index < -0.39 is 0 Å². The van der Waals surface area contributed by atoms with Crippen molar-refractivity contribution in [1.29, 1.82) is 5.26 Å². The normalized spacial score (nSPS) is 21.4. The van der Waals surface area contributed by atoms with Crippen molar-refractivity contribution >= 4 is 46.1 Å².